The minimum atomic E-state index is -0.0482. The number of fused-ring (bicyclic) bond motifs is 1. The number of pyridine rings is 1. The highest BCUT2D eigenvalue weighted by molar-refractivity contribution is 7.98. The molecule has 1 aromatic carbocycles. The molecule has 0 bridgehead atoms. The van der Waals surface area contributed by atoms with Gasteiger partial charge in [-0.15, -0.1) is 11.8 Å². The van der Waals surface area contributed by atoms with Crippen LogP contribution in [0.15, 0.2) is 58.4 Å². The number of hydrogen-bond acceptors (Lipinski definition) is 4. The highest BCUT2D eigenvalue weighted by atomic mass is 32.2. The SMILES string of the molecule is Cc1ccn2c(=O)cc(CSc3ccc(N)cc3)nc2c1. The van der Waals surface area contributed by atoms with Crippen molar-refractivity contribution < 1.29 is 0 Å². The number of aromatic nitrogens is 2. The van der Waals surface area contributed by atoms with Gasteiger partial charge in [-0.25, -0.2) is 4.98 Å². The molecule has 0 aliphatic rings. The van der Waals surface area contributed by atoms with E-state index in [-0.39, 0.29) is 5.56 Å². The molecule has 3 rings (SSSR count). The molecule has 0 spiro atoms. The van der Waals surface area contributed by atoms with Crippen molar-refractivity contribution >= 4 is 23.1 Å². The van der Waals surface area contributed by atoms with E-state index in [2.05, 4.69) is 4.98 Å². The lowest BCUT2D eigenvalue weighted by Gasteiger charge is -2.05. The molecule has 4 nitrogen and oxygen atoms in total. The first-order valence-corrected chi connectivity index (χ1v) is 7.58. The van der Waals surface area contributed by atoms with Crippen molar-refractivity contribution in [2.75, 3.05) is 5.73 Å². The molecule has 2 heterocycles. The molecule has 0 aliphatic heterocycles. The Labute approximate surface area is 126 Å². The molecule has 3 aromatic rings. The monoisotopic (exact) mass is 297 g/mol. The second-order valence-corrected chi connectivity index (χ2v) is 5.92. The smallest absolute Gasteiger partial charge is 0.258 e. The van der Waals surface area contributed by atoms with Crippen LogP contribution in [-0.2, 0) is 5.75 Å². The van der Waals surface area contributed by atoms with E-state index in [1.165, 1.54) is 0 Å². The number of nitrogens with zero attached hydrogens (tertiary/aromatic N) is 2. The van der Waals surface area contributed by atoms with Gasteiger partial charge in [-0.2, -0.15) is 0 Å². The predicted molar refractivity (Wildman–Crippen MR) is 86.6 cm³/mol. The molecule has 0 saturated carbocycles. The van der Waals surface area contributed by atoms with Crippen molar-refractivity contribution in [3.63, 3.8) is 0 Å². The molecular formula is C16H15N3OS. The quantitative estimate of drug-likeness (QED) is 0.596. The van der Waals surface area contributed by atoms with Crippen LogP contribution in [0.25, 0.3) is 5.65 Å². The summed E-state index contributed by atoms with van der Waals surface area (Å²) in [4.78, 5) is 17.7. The van der Waals surface area contributed by atoms with Gasteiger partial charge in [0.2, 0.25) is 0 Å². The van der Waals surface area contributed by atoms with Gasteiger partial charge in [-0.05, 0) is 48.9 Å². The Hall–Kier alpha value is -2.27. The number of benzene rings is 1. The number of thioether (sulfide) groups is 1. The third-order valence-electron chi connectivity index (χ3n) is 3.14. The summed E-state index contributed by atoms with van der Waals surface area (Å²) < 4.78 is 1.56. The molecule has 0 saturated heterocycles. The Bertz CT molecular complexity index is 840. The van der Waals surface area contributed by atoms with Crippen LogP contribution >= 0.6 is 11.8 Å². The molecule has 0 amide bonds. The van der Waals surface area contributed by atoms with Crippen LogP contribution in [0.4, 0.5) is 5.69 Å². The first-order chi connectivity index (χ1) is 10.1. The maximum atomic E-state index is 12.1. The maximum Gasteiger partial charge on any atom is 0.258 e. The molecule has 2 N–H and O–H groups in total. The minimum absolute atomic E-state index is 0.0482. The third kappa shape index (κ3) is 3.08. The highest BCUT2D eigenvalue weighted by Crippen LogP contribution is 2.22. The molecule has 21 heavy (non-hydrogen) atoms. The Morgan fingerprint density at radius 1 is 1.19 bits per heavy atom. The zero-order valence-corrected chi connectivity index (χ0v) is 12.4. The van der Waals surface area contributed by atoms with Crippen molar-refractivity contribution in [2.45, 2.75) is 17.6 Å². The van der Waals surface area contributed by atoms with E-state index in [0.717, 1.165) is 21.8 Å². The topological polar surface area (TPSA) is 60.4 Å². The van der Waals surface area contributed by atoms with Gasteiger partial charge in [-0.3, -0.25) is 9.20 Å². The largest absolute Gasteiger partial charge is 0.399 e. The van der Waals surface area contributed by atoms with Gasteiger partial charge in [-0.1, -0.05) is 0 Å². The van der Waals surface area contributed by atoms with Gasteiger partial charge in [0.25, 0.3) is 5.56 Å². The Morgan fingerprint density at radius 2 is 1.95 bits per heavy atom. The number of aryl methyl sites for hydroxylation is 1. The predicted octanol–water partition coefficient (Wildman–Crippen LogP) is 2.88. The lowest BCUT2D eigenvalue weighted by molar-refractivity contribution is 1.01. The van der Waals surface area contributed by atoms with Crippen LogP contribution in [0.1, 0.15) is 11.3 Å². The first-order valence-electron chi connectivity index (χ1n) is 6.59. The van der Waals surface area contributed by atoms with Crippen molar-refractivity contribution in [1.29, 1.82) is 0 Å². The van der Waals surface area contributed by atoms with Gasteiger partial charge < -0.3 is 5.73 Å². The minimum Gasteiger partial charge on any atom is -0.399 e. The van der Waals surface area contributed by atoms with Crippen molar-refractivity contribution in [1.82, 2.24) is 9.38 Å². The maximum absolute atomic E-state index is 12.1. The van der Waals surface area contributed by atoms with E-state index in [1.807, 2.05) is 43.3 Å². The standard InChI is InChI=1S/C16H15N3OS/c1-11-6-7-19-15(8-11)18-13(9-16(19)20)10-21-14-4-2-12(17)3-5-14/h2-9H,10,17H2,1H3. The van der Waals surface area contributed by atoms with Crippen molar-refractivity contribution in [3.8, 4) is 0 Å². The molecule has 0 aliphatic carbocycles. The Balaban J connectivity index is 1.87. The van der Waals surface area contributed by atoms with Crippen LogP contribution in [0.3, 0.4) is 0 Å². The van der Waals surface area contributed by atoms with E-state index in [1.54, 1.807) is 28.4 Å². The summed E-state index contributed by atoms with van der Waals surface area (Å²) in [7, 11) is 0. The normalized spacial score (nSPS) is 10.9. The van der Waals surface area contributed by atoms with Crippen LogP contribution in [0, 0.1) is 6.92 Å². The molecule has 0 fully saturated rings. The summed E-state index contributed by atoms with van der Waals surface area (Å²) in [5.74, 6) is 0.656. The number of nitrogens with two attached hydrogens (primary N) is 1. The zero-order valence-electron chi connectivity index (χ0n) is 11.6. The lowest BCUT2D eigenvalue weighted by Crippen LogP contribution is -2.15. The molecule has 0 unspecified atom stereocenters. The summed E-state index contributed by atoms with van der Waals surface area (Å²) in [5, 5.41) is 0. The fourth-order valence-corrected chi connectivity index (χ4v) is 2.84. The van der Waals surface area contributed by atoms with E-state index in [0.29, 0.717) is 11.4 Å². The Morgan fingerprint density at radius 3 is 2.71 bits per heavy atom. The highest BCUT2D eigenvalue weighted by Gasteiger charge is 2.03. The van der Waals surface area contributed by atoms with Gasteiger partial charge in [0.1, 0.15) is 5.65 Å². The third-order valence-corrected chi connectivity index (χ3v) is 4.19. The molecule has 0 radical (unpaired) electrons. The molecule has 106 valence electrons. The number of nitrogen functional groups attached to an aromatic ring is 1. The number of anilines is 1. The summed E-state index contributed by atoms with van der Waals surface area (Å²) >= 11 is 1.64. The molecular weight excluding hydrogens is 282 g/mol. The summed E-state index contributed by atoms with van der Waals surface area (Å²) in [5.41, 5.74) is 8.93. The summed E-state index contributed by atoms with van der Waals surface area (Å²) in [6, 6.07) is 13.1. The van der Waals surface area contributed by atoms with Crippen LogP contribution in [0.5, 0.6) is 0 Å². The van der Waals surface area contributed by atoms with Crippen molar-refractivity contribution in [2.24, 2.45) is 0 Å². The van der Waals surface area contributed by atoms with Crippen molar-refractivity contribution in [3.05, 3.63) is 70.3 Å². The number of rotatable bonds is 3. The molecule has 2 aromatic heterocycles. The van der Waals surface area contributed by atoms with Gasteiger partial charge in [0.15, 0.2) is 0 Å². The average molecular weight is 297 g/mol. The second kappa shape index (κ2) is 5.61. The van der Waals surface area contributed by atoms with Gasteiger partial charge in [0.05, 0.1) is 5.69 Å². The van der Waals surface area contributed by atoms with E-state index < -0.39 is 0 Å². The average Bonchev–Trinajstić information content (AvgIpc) is 2.46. The Kier molecular flexibility index (Phi) is 3.66. The lowest BCUT2D eigenvalue weighted by atomic mass is 10.3. The van der Waals surface area contributed by atoms with E-state index in [9.17, 15) is 4.79 Å². The first kappa shape index (κ1) is 13.7. The van der Waals surface area contributed by atoms with Crippen LogP contribution in [-0.4, -0.2) is 9.38 Å². The van der Waals surface area contributed by atoms with Gasteiger partial charge >= 0.3 is 0 Å². The summed E-state index contributed by atoms with van der Waals surface area (Å²) in [6.07, 6.45) is 1.76. The zero-order chi connectivity index (χ0) is 14.8. The van der Waals surface area contributed by atoms with Gasteiger partial charge in [0, 0.05) is 28.6 Å². The second-order valence-electron chi connectivity index (χ2n) is 4.88. The molecule has 5 heteroatoms. The number of hydrogen-bond donors (Lipinski definition) is 1. The summed E-state index contributed by atoms with van der Waals surface area (Å²) in [6.45, 7) is 1.99. The fraction of sp³-hybridized carbons (Fsp3) is 0.125. The van der Waals surface area contributed by atoms with E-state index in [4.69, 9.17) is 5.73 Å². The molecule has 0 atom stereocenters. The fourth-order valence-electron chi connectivity index (χ4n) is 2.05. The van der Waals surface area contributed by atoms with E-state index >= 15 is 0 Å². The van der Waals surface area contributed by atoms with Crippen LogP contribution in [0.2, 0.25) is 0 Å². The van der Waals surface area contributed by atoms with Crippen LogP contribution < -0.4 is 11.3 Å².